The largest absolute Gasteiger partial charge is 4.00 e. The molecular formula is Gd2Hf2O21Si7. The second-order valence-electron chi connectivity index (χ2n) is 1.75. The van der Waals surface area contributed by atoms with Crippen LogP contribution in [-0.2, 0) is 82.9 Å². The van der Waals surface area contributed by atoms with Gasteiger partial charge in [0, 0.05) is 64.2 Å². The predicted octanol–water partition coefficient (Wildman–Crippen LogP) is -20.1. The summed E-state index contributed by atoms with van der Waals surface area (Å²) in [6.07, 6.45) is 0. The van der Waals surface area contributed by atoms with Crippen molar-refractivity contribution in [1.29, 1.82) is 0 Å². The van der Waals surface area contributed by atoms with E-state index in [1.807, 2.05) is 0 Å². The molecule has 0 aromatic carbocycles. The van der Waals surface area contributed by atoms with Crippen LogP contribution in [0.15, 0.2) is 0 Å². The number of hydrogen-bond donors (Lipinski definition) is 0. The van der Waals surface area contributed by atoms with E-state index in [-0.39, 0.29) is 132 Å². The summed E-state index contributed by atoms with van der Waals surface area (Å²) in [4.78, 5) is 119. The molecule has 0 amide bonds. The Balaban J connectivity index is -0.0000000175. The molecule has 0 unspecified atom stereocenters. The van der Waals surface area contributed by atoms with E-state index < -0.39 is 64.2 Å². The van der Waals surface area contributed by atoms with Crippen LogP contribution in [0, 0.1) is 79.9 Å². The summed E-state index contributed by atoms with van der Waals surface area (Å²) in [6.45, 7) is 0. The van der Waals surface area contributed by atoms with Crippen LogP contribution >= 0.6 is 0 Å². The molecule has 178 valence electrons. The summed E-state index contributed by atoms with van der Waals surface area (Å²) in [5.41, 5.74) is 0. The minimum absolute atomic E-state index is 0. The summed E-state index contributed by atoms with van der Waals surface area (Å²) < 4.78 is 59.6. The molecular weight excluding hydrogens is 1200 g/mol. The van der Waals surface area contributed by atoms with E-state index >= 15 is 0 Å². The molecule has 32 heavy (non-hydrogen) atoms. The minimum atomic E-state index is -3.63. The SMILES string of the molecule is O=[Si]([O-])[O-].O=[Si]([O-])[O-].O=[Si]([O-])[O-].O=[Si]([O-])[O-].O=[Si]([O-])[O-].O=[Si]([O-])[O-].O=[Si]([O-])[O-].[Gd+3].[Gd+3].[Hf+4].[Hf+4]. The Bertz CT molecular complexity index is 323. The third-order valence-corrected chi connectivity index (χ3v) is 0. The van der Waals surface area contributed by atoms with Crippen LogP contribution in [0.3, 0.4) is 0 Å². The molecule has 0 aliphatic heterocycles. The molecule has 0 heterocycles. The van der Waals surface area contributed by atoms with Crippen molar-refractivity contribution in [1.82, 2.24) is 0 Å². The van der Waals surface area contributed by atoms with Gasteiger partial charge in [-0.15, -0.1) is 0 Å². The van der Waals surface area contributed by atoms with E-state index in [0.29, 0.717) is 0 Å². The maximum Gasteiger partial charge on any atom is 4.00 e. The van der Waals surface area contributed by atoms with Crippen LogP contribution in [0.5, 0.6) is 0 Å². The summed E-state index contributed by atoms with van der Waals surface area (Å²) >= 11 is 0. The molecule has 0 aromatic rings. The average Bonchev–Trinajstić information content (AvgIpc) is 2.20. The third-order valence-electron chi connectivity index (χ3n) is 0. The topological polar surface area (TPSA) is 442 Å². The Morgan fingerprint density at radius 1 is 0.250 bits per heavy atom. The van der Waals surface area contributed by atoms with Crippen LogP contribution in [0.2, 0.25) is 0 Å². The van der Waals surface area contributed by atoms with Gasteiger partial charge < -0.3 is 98.4 Å². The second-order valence-corrected chi connectivity index (χ2v) is 5.25. The van der Waals surface area contributed by atoms with Gasteiger partial charge in [0.05, 0.1) is 0 Å². The summed E-state index contributed by atoms with van der Waals surface area (Å²) in [7, 11) is -25.4. The fourth-order valence-corrected chi connectivity index (χ4v) is 0. The Morgan fingerprint density at radius 3 is 0.250 bits per heavy atom. The van der Waals surface area contributed by atoms with Crippen molar-refractivity contribution >= 4 is 64.2 Å². The Hall–Kier alpha value is 1.71. The van der Waals surface area contributed by atoms with Gasteiger partial charge in [0.25, 0.3) is 0 Å². The molecule has 0 rings (SSSR count). The van der Waals surface area contributed by atoms with Gasteiger partial charge in [-0.25, -0.2) is 0 Å². The van der Waals surface area contributed by atoms with Crippen LogP contribution < -0.4 is 67.1 Å². The van der Waals surface area contributed by atoms with Crippen LogP contribution in [0.4, 0.5) is 0 Å². The maximum atomic E-state index is 8.52. The van der Waals surface area contributed by atoms with Gasteiger partial charge >= 0.3 is 132 Å². The summed E-state index contributed by atoms with van der Waals surface area (Å²) in [5.74, 6) is 0. The fourth-order valence-electron chi connectivity index (χ4n) is 0. The van der Waals surface area contributed by atoms with Gasteiger partial charge in [0.15, 0.2) is 0 Å². The molecule has 21 nitrogen and oxygen atoms in total. The summed E-state index contributed by atoms with van der Waals surface area (Å²) in [6, 6.07) is 0. The van der Waals surface area contributed by atoms with Crippen molar-refractivity contribution < 1.29 is 230 Å². The Labute approximate surface area is 289 Å². The standard InChI is InChI=1S/2Gd.2Hf.7O3Si/c;;;;7*1-4(2)3/q2*+3;2*+4;7*-2. The monoisotopic (exact) mass is 1210 g/mol. The Kier molecular flexibility index (Phi) is 139. The molecule has 0 aromatic heterocycles. The van der Waals surface area contributed by atoms with E-state index in [2.05, 4.69) is 0 Å². The molecule has 2 radical (unpaired) electrons. The predicted molar refractivity (Wildman–Crippen MR) is 45.1 cm³/mol. The van der Waals surface area contributed by atoms with E-state index in [0.717, 1.165) is 0 Å². The van der Waals surface area contributed by atoms with Gasteiger partial charge in [-0.1, -0.05) is 0 Å². The van der Waals surface area contributed by atoms with Crippen molar-refractivity contribution in [2.75, 3.05) is 0 Å². The second kappa shape index (κ2) is 63.8. The molecule has 0 atom stereocenters. The van der Waals surface area contributed by atoms with Crippen LogP contribution in [-0.4, -0.2) is 64.2 Å². The Morgan fingerprint density at radius 2 is 0.250 bits per heavy atom. The van der Waals surface area contributed by atoms with E-state index in [1.54, 1.807) is 0 Å². The van der Waals surface area contributed by atoms with Crippen LogP contribution in [0.25, 0.3) is 0 Å². The first-order valence-electron chi connectivity index (χ1n) is 4.29. The number of hydrogen-bond acceptors (Lipinski definition) is 21. The first kappa shape index (κ1) is 69.9. The normalized spacial score (nSPS) is 5.25. The van der Waals surface area contributed by atoms with Crippen molar-refractivity contribution in [2.45, 2.75) is 0 Å². The van der Waals surface area contributed by atoms with E-state index in [1.165, 1.54) is 0 Å². The molecule has 0 aliphatic carbocycles. The quantitative estimate of drug-likeness (QED) is 0.203. The molecule has 32 heteroatoms. The van der Waals surface area contributed by atoms with Gasteiger partial charge in [-0.2, -0.15) is 0 Å². The van der Waals surface area contributed by atoms with Gasteiger partial charge in [0.1, 0.15) is 0 Å². The fraction of sp³-hybridized carbons (Fsp3) is 0. The van der Waals surface area contributed by atoms with Crippen molar-refractivity contribution in [3.8, 4) is 0 Å². The number of rotatable bonds is 0. The third kappa shape index (κ3) is 10300. The van der Waals surface area contributed by atoms with Gasteiger partial charge in [-0.05, 0) is 0 Å². The van der Waals surface area contributed by atoms with Gasteiger partial charge in [-0.3, -0.25) is 0 Å². The van der Waals surface area contributed by atoms with E-state index in [4.69, 9.17) is 98.4 Å². The smallest absolute Gasteiger partial charge is 0.672 e. The van der Waals surface area contributed by atoms with Gasteiger partial charge in [0.2, 0.25) is 0 Å². The van der Waals surface area contributed by atoms with E-state index in [9.17, 15) is 0 Å². The zero-order chi connectivity index (χ0) is 25.0. The minimum Gasteiger partial charge on any atom is -0.672 e. The zero-order valence-corrected chi connectivity index (χ0v) is 32.5. The average molecular weight is 1200 g/mol. The first-order chi connectivity index (χ1) is 12.1. The molecule has 0 fully saturated rings. The molecule has 0 saturated carbocycles. The molecule has 0 N–H and O–H groups in total. The molecule has 0 saturated heterocycles. The molecule has 0 spiro atoms. The molecule has 0 bridgehead atoms. The first-order valence-corrected chi connectivity index (χ1v) is 12.9. The zero-order valence-electron chi connectivity index (χ0n) is 13.8. The molecule has 0 aliphatic rings. The van der Waals surface area contributed by atoms with Crippen molar-refractivity contribution in [3.05, 3.63) is 0 Å². The van der Waals surface area contributed by atoms with Crippen LogP contribution in [0.1, 0.15) is 0 Å². The maximum absolute atomic E-state index is 8.52. The summed E-state index contributed by atoms with van der Waals surface area (Å²) in [5, 5.41) is 0. The van der Waals surface area contributed by atoms with Crippen molar-refractivity contribution in [2.24, 2.45) is 0 Å². The van der Waals surface area contributed by atoms with Crippen molar-refractivity contribution in [3.63, 3.8) is 0 Å².